The first-order valence-corrected chi connectivity index (χ1v) is 4.29. The first kappa shape index (κ1) is 8.13. The Morgan fingerprint density at radius 2 is 2.64 bits per heavy atom. The van der Waals surface area contributed by atoms with Gasteiger partial charge in [-0.3, -0.25) is 4.79 Å². The minimum atomic E-state index is -0.290. The number of nitrogens with one attached hydrogen (secondary N) is 1. The molecule has 1 heterocycles. The maximum Gasteiger partial charge on any atom is 0.227 e. The Labute approximate surface area is 68.6 Å². The van der Waals surface area contributed by atoms with Crippen LogP contribution in [0.1, 0.15) is 5.82 Å². The molecule has 0 aromatic carbocycles. The van der Waals surface area contributed by atoms with E-state index in [9.17, 15) is 4.79 Å². The van der Waals surface area contributed by atoms with Crippen molar-refractivity contribution in [2.24, 2.45) is 5.73 Å². The SMILES string of the molecule is NC(=O)CSCc1ncc[nH]1. The van der Waals surface area contributed by atoms with Crippen molar-refractivity contribution >= 4 is 17.7 Å². The van der Waals surface area contributed by atoms with Gasteiger partial charge in [-0.25, -0.2) is 4.98 Å². The van der Waals surface area contributed by atoms with Crippen molar-refractivity contribution in [1.82, 2.24) is 9.97 Å². The molecule has 0 aliphatic carbocycles. The van der Waals surface area contributed by atoms with Gasteiger partial charge in [-0.1, -0.05) is 0 Å². The lowest BCUT2D eigenvalue weighted by atomic mass is 10.7. The Balaban J connectivity index is 2.19. The number of nitrogens with two attached hydrogens (primary N) is 1. The van der Waals surface area contributed by atoms with E-state index in [-0.39, 0.29) is 5.91 Å². The van der Waals surface area contributed by atoms with Crippen molar-refractivity contribution in [1.29, 1.82) is 0 Å². The predicted molar refractivity (Wildman–Crippen MR) is 43.9 cm³/mol. The molecule has 5 heteroatoms. The smallest absolute Gasteiger partial charge is 0.227 e. The molecular weight excluding hydrogens is 162 g/mol. The molecule has 0 unspecified atom stereocenters. The van der Waals surface area contributed by atoms with E-state index in [1.165, 1.54) is 11.8 Å². The van der Waals surface area contributed by atoms with Crippen molar-refractivity contribution in [3.05, 3.63) is 18.2 Å². The van der Waals surface area contributed by atoms with Crippen LogP contribution in [-0.4, -0.2) is 21.6 Å². The van der Waals surface area contributed by atoms with E-state index < -0.39 is 0 Å². The summed E-state index contributed by atoms with van der Waals surface area (Å²) < 4.78 is 0. The lowest BCUT2D eigenvalue weighted by Crippen LogP contribution is -2.13. The fourth-order valence-corrected chi connectivity index (χ4v) is 1.28. The topological polar surface area (TPSA) is 71.8 Å². The molecule has 0 fully saturated rings. The third-order valence-electron chi connectivity index (χ3n) is 1.04. The van der Waals surface area contributed by atoms with Crippen LogP contribution < -0.4 is 5.73 Å². The van der Waals surface area contributed by atoms with Crippen LogP contribution in [0.2, 0.25) is 0 Å². The van der Waals surface area contributed by atoms with Crippen molar-refractivity contribution < 1.29 is 4.79 Å². The normalized spacial score (nSPS) is 9.82. The Morgan fingerprint density at radius 1 is 1.82 bits per heavy atom. The van der Waals surface area contributed by atoms with Gasteiger partial charge in [0.15, 0.2) is 0 Å². The number of primary amides is 1. The zero-order valence-corrected chi connectivity index (χ0v) is 6.73. The molecule has 0 radical (unpaired) electrons. The Kier molecular flexibility index (Phi) is 2.97. The monoisotopic (exact) mass is 171 g/mol. The third kappa shape index (κ3) is 3.08. The summed E-state index contributed by atoms with van der Waals surface area (Å²) in [4.78, 5) is 17.2. The summed E-state index contributed by atoms with van der Waals surface area (Å²) in [6, 6.07) is 0. The summed E-state index contributed by atoms with van der Waals surface area (Å²) >= 11 is 1.45. The van der Waals surface area contributed by atoms with Crippen molar-refractivity contribution in [3.63, 3.8) is 0 Å². The highest BCUT2D eigenvalue weighted by atomic mass is 32.2. The van der Waals surface area contributed by atoms with Crippen molar-refractivity contribution in [3.8, 4) is 0 Å². The molecule has 0 spiro atoms. The molecule has 0 bridgehead atoms. The lowest BCUT2D eigenvalue weighted by Gasteiger charge is -1.93. The van der Waals surface area contributed by atoms with E-state index in [0.717, 1.165) is 5.82 Å². The van der Waals surface area contributed by atoms with E-state index in [4.69, 9.17) is 5.73 Å². The summed E-state index contributed by atoms with van der Waals surface area (Å²) in [6.07, 6.45) is 3.43. The van der Waals surface area contributed by atoms with Gasteiger partial charge in [-0.2, -0.15) is 0 Å². The van der Waals surface area contributed by atoms with Gasteiger partial charge in [0.1, 0.15) is 5.82 Å². The van der Waals surface area contributed by atoms with Crippen LogP contribution in [0.4, 0.5) is 0 Å². The van der Waals surface area contributed by atoms with E-state index in [0.29, 0.717) is 11.5 Å². The van der Waals surface area contributed by atoms with Crippen molar-refractivity contribution in [2.75, 3.05) is 5.75 Å². The van der Waals surface area contributed by atoms with Crippen LogP contribution in [-0.2, 0) is 10.5 Å². The number of hydrogen-bond donors (Lipinski definition) is 2. The van der Waals surface area contributed by atoms with E-state index in [2.05, 4.69) is 9.97 Å². The van der Waals surface area contributed by atoms with Crippen LogP contribution in [0.15, 0.2) is 12.4 Å². The van der Waals surface area contributed by atoms with E-state index in [1.807, 2.05) is 0 Å². The standard InChI is InChI=1S/C6H9N3OS/c7-5(10)3-11-4-6-8-1-2-9-6/h1-2H,3-4H2,(H2,7,10)(H,8,9). The first-order chi connectivity index (χ1) is 5.29. The highest BCUT2D eigenvalue weighted by Gasteiger charge is 1.97. The zero-order valence-electron chi connectivity index (χ0n) is 5.91. The van der Waals surface area contributed by atoms with Gasteiger partial charge in [0.25, 0.3) is 0 Å². The highest BCUT2D eigenvalue weighted by Crippen LogP contribution is 2.05. The maximum atomic E-state index is 10.3. The number of aromatic amines is 1. The Bertz CT molecular complexity index is 222. The number of thioether (sulfide) groups is 1. The highest BCUT2D eigenvalue weighted by molar-refractivity contribution is 7.99. The molecule has 0 saturated heterocycles. The predicted octanol–water partition coefficient (Wildman–Crippen LogP) is 0.128. The van der Waals surface area contributed by atoms with Gasteiger partial charge < -0.3 is 10.7 Å². The fourth-order valence-electron chi connectivity index (χ4n) is 0.625. The number of carbonyl (C=O) groups excluding carboxylic acids is 1. The van der Waals surface area contributed by atoms with Crippen LogP contribution in [0.25, 0.3) is 0 Å². The second-order valence-corrected chi connectivity index (χ2v) is 2.98. The number of carbonyl (C=O) groups is 1. The van der Waals surface area contributed by atoms with Crippen LogP contribution in [0.3, 0.4) is 0 Å². The molecule has 1 amide bonds. The van der Waals surface area contributed by atoms with E-state index >= 15 is 0 Å². The van der Waals surface area contributed by atoms with Gasteiger partial charge in [0, 0.05) is 12.4 Å². The van der Waals surface area contributed by atoms with Crippen LogP contribution in [0.5, 0.6) is 0 Å². The minimum Gasteiger partial charge on any atom is -0.369 e. The molecule has 4 nitrogen and oxygen atoms in total. The van der Waals surface area contributed by atoms with Gasteiger partial charge in [0.05, 0.1) is 11.5 Å². The molecule has 60 valence electrons. The number of hydrogen-bond acceptors (Lipinski definition) is 3. The largest absolute Gasteiger partial charge is 0.369 e. The number of amides is 1. The number of nitrogens with zero attached hydrogens (tertiary/aromatic N) is 1. The molecule has 0 aliphatic heterocycles. The molecular formula is C6H9N3OS. The van der Waals surface area contributed by atoms with Gasteiger partial charge in [-0.05, 0) is 0 Å². The third-order valence-corrected chi connectivity index (χ3v) is 2.00. The summed E-state index contributed by atoms with van der Waals surface area (Å²) in [5.41, 5.74) is 4.94. The second-order valence-electron chi connectivity index (χ2n) is 1.99. The average Bonchev–Trinajstić information content (AvgIpc) is 2.39. The van der Waals surface area contributed by atoms with Crippen LogP contribution >= 0.6 is 11.8 Å². The fraction of sp³-hybridized carbons (Fsp3) is 0.333. The zero-order chi connectivity index (χ0) is 8.10. The Morgan fingerprint density at radius 3 is 3.18 bits per heavy atom. The quantitative estimate of drug-likeness (QED) is 0.676. The number of rotatable bonds is 4. The molecule has 1 rings (SSSR count). The summed E-state index contributed by atoms with van der Waals surface area (Å²) in [5, 5.41) is 0. The Hall–Kier alpha value is -0.970. The maximum absolute atomic E-state index is 10.3. The number of imidazole rings is 1. The number of aromatic nitrogens is 2. The summed E-state index contributed by atoms with van der Waals surface area (Å²) in [6.45, 7) is 0. The molecule has 0 saturated carbocycles. The molecule has 1 aromatic rings. The van der Waals surface area contributed by atoms with Crippen molar-refractivity contribution in [2.45, 2.75) is 5.75 Å². The molecule has 3 N–H and O–H groups in total. The molecule has 0 aliphatic rings. The van der Waals surface area contributed by atoms with Gasteiger partial charge in [0.2, 0.25) is 5.91 Å². The molecule has 11 heavy (non-hydrogen) atoms. The summed E-state index contributed by atoms with van der Waals surface area (Å²) in [5.74, 6) is 1.63. The average molecular weight is 171 g/mol. The lowest BCUT2D eigenvalue weighted by molar-refractivity contribution is -0.115. The summed E-state index contributed by atoms with van der Waals surface area (Å²) in [7, 11) is 0. The second kappa shape index (κ2) is 4.02. The molecule has 1 aromatic heterocycles. The van der Waals surface area contributed by atoms with Gasteiger partial charge >= 0.3 is 0 Å². The number of H-pyrrole nitrogens is 1. The van der Waals surface area contributed by atoms with E-state index in [1.54, 1.807) is 12.4 Å². The van der Waals surface area contributed by atoms with Gasteiger partial charge in [-0.15, -0.1) is 11.8 Å². The first-order valence-electron chi connectivity index (χ1n) is 3.13. The minimum absolute atomic E-state index is 0.290. The molecule has 0 atom stereocenters. The van der Waals surface area contributed by atoms with Crippen LogP contribution in [0, 0.1) is 0 Å².